The first kappa shape index (κ1) is 13.9. The van der Waals surface area contributed by atoms with Gasteiger partial charge in [0.2, 0.25) is 10.0 Å². The van der Waals surface area contributed by atoms with Crippen LogP contribution in [0.3, 0.4) is 0 Å². The molecule has 2 N–H and O–H groups in total. The van der Waals surface area contributed by atoms with Crippen LogP contribution in [0.25, 0.3) is 0 Å². The lowest BCUT2D eigenvalue weighted by Crippen LogP contribution is -2.32. The highest BCUT2D eigenvalue weighted by molar-refractivity contribution is 7.89. The van der Waals surface area contributed by atoms with Crippen LogP contribution in [0.2, 0.25) is 5.02 Å². The fourth-order valence-electron chi connectivity index (χ4n) is 2.35. The SMILES string of the molecule is N[C@@H]1CCN(S(=O)(=O)c2cc3c(cc2Cl)OCCO3)C1. The quantitative estimate of drug-likeness (QED) is 0.873. The summed E-state index contributed by atoms with van der Waals surface area (Å²) in [6.45, 7) is 1.54. The van der Waals surface area contributed by atoms with Crippen molar-refractivity contribution in [1.82, 2.24) is 4.31 Å². The van der Waals surface area contributed by atoms with Crippen molar-refractivity contribution in [3.8, 4) is 11.5 Å². The molecule has 0 saturated carbocycles. The lowest BCUT2D eigenvalue weighted by atomic mass is 10.3. The van der Waals surface area contributed by atoms with E-state index in [1.165, 1.54) is 16.4 Å². The summed E-state index contributed by atoms with van der Waals surface area (Å²) in [5.74, 6) is 0.876. The van der Waals surface area contributed by atoms with Crippen LogP contribution in [0.1, 0.15) is 6.42 Å². The Morgan fingerprint density at radius 1 is 1.25 bits per heavy atom. The highest BCUT2D eigenvalue weighted by atomic mass is 35.5. The van der Waals surface area contributed by atoms with Gasteiger partial charge in [-0.15, -0.1) is 0 Å². The predicted octanol–water partition coefficient (Wildman–Crippen LogP) is 0.833. The Labute approximate surface area is 122 Å². The van der Waals surface area contributed by atoms with Crippen molar-refractivity contribution in [2.24, 2.45) is 5.73 Å². The van der Waals surface area contributed by atoms with Crippen molar-refractivity contribution in [2.75, 3.05) is 26.3 Å². The summed E-state index contributed by atoms with van der Waals surface area (Å²) in [6, 6.07) is 2.79. The van der Waals surface area contributed by atoms with Crippen molar-refractivity contribution in [2.45, 2.75) is 17.4 Å². The molecule has 8 heteroatoms. The minimum absolute atomic E-state index is 0.0394. The summed E-state index contributed by atoms with van der Waals surface area (Å²) in [6.07, 6.45) is 0.654. The van der Waals surface area contributed by atoms with E-state index in [4.69, 9.17) is 26.8 Å². The van der Waals surface area contributed by atoms with E-state index in [1.54, 1.807) is 0 Å². The zero-order valence-corrected chi connectivity index (χ0v) is 12.3. The molecule has 0 spiro atoms. The van der Waals surface area contributed by atoms with Gasteiger partial charge in [0.25, 0.3) is 0 Å². The van der Waals surface area contributed by atoms with Crippen LogP contribution in [0.5, 0.6) is 11.5 Å². The maximum atomic E-state index is 12.6. The van der Waals surface area contributed by atoms with Gasteiger partial charge >= 0.3 is 0 Å². The molecule has 6 nitrogen and oxygen atoms in total. The van der Waals surface area contributed by atoms with Gasteiger partial charge in [-0.25, -0.2) is 8.42 Å². The average Bonchev–Trinajstić information content (AvgIpc) is 2.85. The van der Waals surface area contributed by atoms with Crippen molar-refractivity contribution in [3.63, 3.8) is 0 Å². The lowest BCUT2D eigenvalue weighted by Gasteiger charge is -2.22. The first-order valence-corrected chi connectivity index (χ1v) is 8.15. The van der Waals surface area contributed by atoms with Crippen molar-refractivity contribution in [1.29, 1.82) is 0 Å². The summed E-state index contributed by atoms with van der Waals surface area (Å²) < 4.78 is 37.3. The molecule has 3 rings (SSSR count). The third-order valence-electron chi connectivity index (χ3n) is 3.40. The molecule has 20 heavy (non-hydrogen) atoms. The van der Waals surface area contributed by atoms with E-state index in [0.29, 0.717) is 44.2 Å². The fraction of sp³-hybridized carbons (Fsp3) is 0.500. The smallest absolute Gasteiger partial charge is 0.244 e. The number of fused-ring (bicyclic) bond motifs is 1. The monoisotopic (exact) mass is 318 g/mol. The van der Waals surface area contributed by atoms with E-state index in [0.717, 1.165) is 0 Å². The molecule has 0 aromatic heterocycles. The molecule has 2 heterocycles. The van der Waals surface area contributed by atoms with E-state index in [2.05, 4.69) is 0 Å². The molecule has 0 unspecified atom stereocenters. The molecule has 0 aliphatic carbocycles. The molecule has 1 aromatic carbocycles. The molecule has 2 aliphatic heterocycles. The normalized spacial score (nSPS) is 23.0. The van der Waals surface area contributed by atoms with Crippen LogP contribution in [-0.4, -0.2) is 45.1 Å². The number of nitrogens with zero attached hydrogens (tertiary/aromatic N) is 1. The van der Waals surface area contributed by atoms with Gasteiger partial charge in [-0.1, -0.05) is 11.6 Å². The maximum absolute atomic E-state index is 12.6. The van der Waals surface area contributed by atoms with E-state index in [9.17, 15) is 8.42 Å². The molecule has 1 saturated heterocycles. The Morgan fingerprint density at radius 3 is 2.50 bits per heavy atom. The minimum Gasteiger partial charge on any atom is -0.486 e. The summed E-state index contributed by atoms with van der Waals surface area (Å²) >= 11 is 6.09. The number of ether oxygens (including phenoxy) is 2. The van der Waals surface area contributed by atoms with Crippen LogP contribution in [0.4, 0.5) is 0 Å². The number of rotatable bonds is 2. The number of hydrogen-bond acceptors (Lipinski definition) is 5. The largest absolute Gasteiger partial charge is 0.486 e. The predicted molar refractivity (Wildman–Crippen MR) is 73.8 cm³/mol. The second-order valence-corrected chi connectivity index (χ2v) is 7.15. The second kappa shape index (κ2) is 5.07. The second-order valence-electron chi connectivity index (χ2n) is 4.84. The van der Waals surface area contributed by atoms with Crippen LogP contribution in [0, 0.1) is 0 Å². The van der Waals surface area contributed by atoms with Crippen LogP contribution < -0.4 is 15.2 Å². The Bertz CT molecular complexity index is 635. The molecule has 0 bridgehead atoms. The van der Waals surface area contributed by atoms with Crippen LogP contribution in [-0.2, 0) is 10.0 Å². The Morgan fingerprint density at radius 2 is 1.90 bits per heavy atom. The average molecular weight is 319 g/mol. The summed E-state index contributed by atoms with van der Waals surface area (Å²) in [7, 11) is -3.65. The van der Waals surface area contributed by atoms with E-state index < -0.39 is 10.0 Å². The highest BCUT2D eigenvalue weighted by Gasteiger charge is 2.33. The Balaban J connectivity index is 2.01. The molecule has 2 aliphatic rings. The van der Waals surface area contributed by atoms with Crippen LogP contribution >= 0.6 is 11.6 Å². The van der Waals surface area contributed by atoms with Crippen molar-refractivity contribution >= 4 is 21.6 Å². The highest BCUT2D eigenvalue weighted by Crippen LogP contribution is 2.38. The summed E-state index contributed by atoms with van der Waals surface area (Å²) in [5.41, 5.74) is 5.77. The third kappa shape index (κ3) is 2.35. The van der Waals surface area contributed by atoms with Crippen molar-refractivity contribution in [3.05, 3.63) is 17.2 Å². The molecule has 1 atom stereocenters. The van der Waals surface area contributed by atoms with Gasteiger partial charge in [0.15, 0.2) is 11.5 Å². The van der Waals surface area contributed by atoms with Crippen LogP contribution in [0.15, 0.2) is 17.0 Å². The van der Waals surface area contributed by atoms with Gasteiger partial charge < -0.3 is 15.2 Å². The first-order valence-electron chi connectivity index (χ1n) is 6.33. The standard InChI is InChI=1S/C12H15ClN2O4S/c13-9-5-10-11(19-4-3-18-10)6-12(9)20(16,17)15-2-1-8(14)7-15/h5-6,8H,1-4,7,14H2/t8-/m1/s1. The van der Waals surface area contributed by atoms with Gasteiger partial charge in [-0.2, -0.15) is 4.31 Å². The number of hydrogen-bond donors (Lipinski definition) is 1. The maximum Gasteiger partial charge on any atom is 0.244 e. The van der Waals surface area contributed by atoms with Gasteiger partial charge in [-0.05, 0) is 6.42 Å². The van der Waals surface area contributed by atoms with Gasteiger partial charge in [0, 0.05) is 31.3 Å². The lowest BCUT2D eigenvalue weighted by molar-refractivity contribution is 0.171. The summed E-state index contributed by atoms with van der Waals surface area (Å²) in [4.78, 5) is 0.0394. The molecule has 110 valence electrons. The molecular weight excluding hydrogens is 304 g/mol. The van der Waals surface area contributed by atoms with Gasteiger partial charge in [0.05, 0.1) is 5.02 Å². The number of sulfonamides is 1. The molecule has 0 radical (unpaired) electrons. The Kier molecular flexibility index (Phi) is 3.53. The number of benzene rings is 1. The molecule has 1 fully saturated rings. The van der Waals surface area contributed by atoms with E-state index in [1.807, 2.05) is 0 Å². The summed E-state index contributed by atoms with van der Waals surface area (Å²) in [5, 5.41) is 0.134. The minimum atomic E-state index is -3.65. The molecule has 0 amide bonds. The molecule has 1 aromatic rings. The molecular formula is C12H15ClN2O4S. The van der Waals surface area contributed by atoms with E-state index in [-0.39, 0.29) is 16.0 Å². The first-order chi connectivity index (χ1) is 9.48. The third-order valence-corrected chi connectivity index (χ3v) is 5.73. The number of nitrogens with two attached hydrogens (primary N) is 1. The Hall–Kier alpha value is -1.02. The van der Waals surface area contributed by atoms with Crippen molar-refractivity contribution < 1.29 is 17.9 Å². The topological polar surface area (TPSA) is 81.9 Å². The van der Waals surface area contributed by atoms with Gasteiger partial charge in [-0.3, -0.25) is 0 Å². The van der Waals surface area contributed by atoms with Gasteiger partial charge in [0.1, 0.15) is 18.1 Å². The van der Waals surface area contributed by atoms with E-state index >= 15 is 0 Å². The fourth-order valence-corrected chi connectivity index (χ4v) is 4.37. The zero-order valence-electron chi connectivity index (χ0n) is 10.7. The zero-order chi connectivity index (χ0) is 14.3. The number of halogens is 1.